The lowest BCUT2D eigenvalue weighted by atomic mass is 9.75. The minimum Gasteiger partial charge on any atom is -0.481 e. The first kappa shape index (κ1) is 18.3. The predicted molar refractivity (Wildman–Crippen MR) is 89.4 cm³/mol. The molecular formula is C17H18N2O6. The number of aliphatic carboxylic acids is 1. The third kappa shape index (κ3) is 3.57. The highest BCUT2D eigenvalue weighted by atomic mass is 16.6. The summed E-state index contributed by atoms with van der Waals surface area (Å²) in [7, 11) is 0. The Morgan fingerprint density at radius 1 is 1.36 bits per heavy atom. The molecule has 2 unspecified atom stereocenters. The van der Waals surface area contributed by atoms with Gasteiger partial charge in [0.25, 0.3) is 5.69 Å². The summed E-state index contributed by atoms with van der Waals surface area (Å²) in [6, 6.07) is 5.62. The van der Waals surface area contributed by atoms with Crippen molar-refractivity contribution in [2.75, 3.05) is 6.61 Å². The summed E-state index contributed by atoms with van der Waals surface area (Å²) in [6.45, 7) is 4.92. The number of allylic oxidation sites excluding steroid dienone is 1. The molecule has 0 fully saturated rings. The number of nitro groups is 1. The molecule has 0 saturated heterocycles. The molecule has 0 amide bonds. The summed E-state index contributed by atoms with van der Waals surface area (Å²) >= 11 is 0. The average molecular weight is 346 g/mol. The van der Waals surface area contributed by atoms with Crippen molar-refractivity contribution in [2.45, 2.75) is 26.7 Å². The molecule has 0 bridgehead atoms. The number of ether oxygens (including phenoxy) is 1. The van der Waals surface area contributed by atoms with Crippen LogP contribution in [0.2, 0.25) is 0 Å². The maximum Gasteiger partial charge on any atom is 0.336 e. The van der Waals surface area contributed by atoms with E-state index >= 15 is 0 Å². The molecule has 132 valence electrons. The first-order chi connectivity index (χ1) is 11.8. The van der Waals surface area contributed by atoms with E-state index in [0.717, 1.165) is 0 Å². The summed E-state index contributed by atoms with van der Waals surface area (Å²) in [5.41, 5.74) is 0.973. The Morgan fingerprint density at radius 3 is 2.60 bits per heavy atom. The lowest BCUT2D eigenvalue weighted by Gasteiger charge is -2.30. The molecule has 0 aliphatic carbocycles. The van der Waals surface area contributed by atoms with E-state index in [1.54, 1.807) is 26.8 Å². The molecule has 0 radical (unpaired) electrons. The monoisotopic (exact) mass is 346 g/mol. The van der Waals surface area contributed by atoms with Gasteiger partial charge in [-0.2, -0.15) is 0 Å². The molecule has 2 rings (SSSR count). The minimum atomic E-state index is -1.16. The first-order valence-corrected chi connectivity index (χ1v) is 7.68. The summed E-state index contributed by atoms with van der Waals surface area (Å²) in [6.07, 6.45) is 0. The van der Waals surface area contributed by atoms with Gasteiger partial charge in [-0.25, -0.2) is 4.79 Å². The van der Waals surface area contributed by atoms with Crippen LogP contribution in [0.4, 0.5) is 5.69 Å². The van der Waals surface area contributed by atoms with Gasteiger partial charge in [0.1, 0.15) is 5.92 Å². The molecule has 2 atom stereocenters. The highest BCUT2D eigenvalue weighted by molar-refractivity contribution is 6.06. The number of nitro benzene ring substituents is 1. The van der Waals surface area contributed by atoms with Gasteiger partial charge in [-0.15, -0.1) is 0 Å². The molecule has 25 heavy (non-hydrogen) atoms. The average Bonchev–Trinajstić information content (AvgIpc) is 2.53. The Hall–Kier alpha value is -3.03. The highest BCUT2D eigenvalue weighted by Crippen LogP contribution is 2.40. The molecule has 1 aliphatic heterocycles. The van der Waals surface area contributed by atoms with Crippen LogP contribution in [-0.4, -0.2) is 34.3 Å². The molecule has 1 N–H and O–H groups in total. The number of benzene rings is 1. The van der Waals surface area contributed by atoms with Crippen LogP contribution in [0.1, 0.15) is 32.3 Å². The smallest absolute Gasteiger partial charge is 0.336 e. The number of carboxylic acid groups (broad SMARTS) is 1. The number of carboxylic acids is 1. The molecule has 0 aromatic heterocycles. The molecule has 1 heterocycles. The minimum absolute atomic E-state index is 0.111. The van der Waals surface area contributed by atoms with Gasteiger partial charge in [0.2, 0.25) is 0 Å². The summed E-state index contributed by atoms with van der Waals surface area (Å²) in [4.78, 5) is 38.9. The number of hydrogen-bond donors (Lipinski definition) is 1. The van der Waals surface area contributed by atoms with E-state index < -0.39 is 28.7 Å². The van der Waals surface area contributed by atoms with Crippen LogP contribution in [0, 0.1) is 16.0 Å². The quantitative estimate of drug-likeness (QED) is 0.497. The second-order valence-corrected chi connectivity index (χ2v) is 5.62. The number of rotatable bonds is 5. The van der Waals surface area contributed by atoms with Crippen molar-refractivity contribution in [1.82, 2.24) is 0 Å². The number of aliphatic imine (C=N–C) groups is 1. The maximum absolute atomic E-state index is 12.4. The van der Waals surface area contributed by atoms with E-state index in [1.165, 1.54) is 18.2 Å². The van der Waals surface area contributed by atoms with Crippen molar-refractivity contribution in [1.29, 1.82) is 0 Å². The van der Waals surface area contributed by atoms with Crippen LogP contribution in [0.3, 0.4) is 0 Å². The Bertz CT molecular complexity index is 796. The third-order valence-corrected chi connectivity index (χ3v) is 4.03. The standard InChI is InChI=1S/C17H18N2O6/c1-4-25-17(22)14-10(3)18-9(2)13(16(20)21)15(14)11-6-5-7-12(8-11)19(23)24/h5-8,13,15H,4H2,1-3H3,(H,20,21). The molecule has 0 saturated carbocycles. The highest BCUT2D eigenvalue weighted by Gasteiger charge is 2.41. The normalized spacial score (nSPS) is 20.0. The Kier molecular flexibility index (Phi) is 5.31. The molecule has 1 aromatic carbocycles. The SMILES string of the molecule is CCOC(=O)C1=C(C)N=C(C)C(C(=O)O)C1c1cccc([N+](=O)[O-])c1. The van der Waals surface area contributed by atoms with E-state index in [4.69, 9.17) is 4.74 Å². The predicted octanol–water partition coefficient (Wildman–Crippen LogP) is 2.69. The largest absolute Gasteiger partial charge is 0.481 e. The van der Waals surface area contributed by atoms with Crippen LogP contribution in [0.5, 0.6) is 0 Å². The Morgan fingerprint density at radius 2 is 2.04 bits per heavy atom. The molecule has 1 aromatic rings. The third-order valence-electron chi connectivity index (χ3n) is 4.03. The number of hydrogen-bond acceptors (Lipinski definition) is 6. The van der Waals surface area contributed by atoms with Gasteiger partial charge in [0.05, 0.1) is 17.1 Å². The number of non-ortho nitro benzene ring substituents is 1. The van der Waals surface area contributed by atoms with Gasteiger partial charge in [0.15, 0.2) is 0 Å². The lowest BCUT2D eigenvalue weighted by molar-refractivity contribution is -0.384. The maximum atomic E-state index is 12.4. The second-order valence-electron chi connectivity index (χ2n) is 5.62. The summed E-state index contributed by atoms with van der Waals surface area (Å²) < 4.78 is 5.05. The van der Waals surface area contributed by atoms with Crippen LogP contribution in [0.15, 0.2) is 40.5 Å². The van der Waals surface area contributed by atoms with Crippen molar-refractivity contribution in [2.24, 2.45) is 10.9 Å². The summed E-state index contributed by atoms with van der Waals surface area (Å²) in [5.74, 6) is -3.84. The van der Waals surface area contributed by atoms with Gasteiger partial charge in [-0.1, -0.05) is 12.1 Å². The number of nitrogens with zero attached hydrogens (tertiary/aromatic N) is 2. The fourth-order valence-corrected chi connectivity index (χ4v) is 3.02. The van der Waals surface area contributed by atoms with Crippen molar-refractivity contribution in [3.8, 4) is 0 Å². The Balaban J connectivity index is 2.67. The molecule has 8 nitrogen and oxygen atoms in total. The fourth-order valence-electron chi connectivity index (χ4n) is 3.02. The van der Waals surface area contributed by atoms with Gasteiger partial charge in [0, 0.05) is 29.5 Å². The zero-order valence-electron chi connectivity index (χ0n) is 14.1. The van der Waals surface area contributed by atoms with Gasteiger partial charge < -0.3 is 9.84 Å². The first-order valence-electron chi connectivity index (χ1n) is 7.68. The lowest BCUT2D eigenvalue weighted by Crippen LogP contribution is -2.35. The summed E-state index contributed by atoms with van der Waals surface area (Å²) in [5, 5.41) is 20.7. The van der Waals surface area contributed by atoms with Crippen molar-refractivity contribution in [3.63, 3.8) is 0 Å². The zero-order chi connectivity index (χ0) is 18.7. The molecule has 8 heteroatoms. The number of esters is 1. The van der Waals surface area contributed by atoms with Crippen LogP contribution < -0.4 is 0 Å². The van der Waals surface area contributed by atoms with Crippen molar-refractivity contribution in [3.05, 3.63) is 51.2 Å². The fraction of sp³-hybridized carbons (Fsp3) is 0.353. The van der Waals surface area contributed by atoms with E-state index in [0.29, 0.717) is 17.0 Å². The van der Waals surface area contributed by atoms with Crippen molar-refractivity contribution < 1.29 is 24.4 Å². The molecular weight excluding hydrogens is 328 g/mol. The van der Waals surface area contributed by atoms with Crippen molar-refractivity contribution >= 4 is 23.3 Å². The van der Waals surface area contributed by atoms with E-state index in [9.17, 15) is 24.8 Å². The Labute approximate surface area is 144 Å². The number of carbonyl (C=O) groups is 2. The topological polar surface area (TPSA) is 119 Å². The second kappa shape index (κ2) is 7.25. The number of carbonyl (C=O) groups excluding carboxylic acids is 1. The van der Waals surface area contributed by atoms with Gasteiger partial charge >= 0.3 is 11.9 Å². The van der Waals surface area contributed by atoms with Crippen LogP contribution in [-0.2, 0) is 14.3 Å². The van der Waals surface area contributed by atoms with Gasteiger partial charge in [-0.3, -0.25) is 19.9 Å². The van der Waals surface area contributed by atoms with E-state index in [1.807, 2.05) is 0 Å². The van der Waals surface area contributed by atoms with E-state index in [-0.39, 0.29) is 17.9 Å². The van der Waals surface area contributed by atoms with Crippen LogP contribution in [0.25, 0.3) is 0 Å². The van der Waals surface area contributed by atoms with Gasteiger partial charge in [-0.05, 0) is 26.3 Å². The van der Waals surface area contributed by atoms with E-state index in [2.05, 4.69) is 4.99 Å². The zero-order valence-corrected chi connectivity index (χ0v) is 14.1. The molecule has 0 spiro atoms. The molecule has 1 aliphatic rings. The van der Waals surface area contributed by atoms with Crippen LogP contribution >= 0.6 is 0 Å².